The fourth-order valence-corrected chi connectivity index (χ4v) is 4.93. The van der Waals surface area contributed by atoms with E-state index >= 15 is 0 Å². The first-order valence-electron chi connectivity index (χ1n) is 9.30. The van der Waals surface area contributed by atoms with Crippen molar-refractivity contribution in [2.75, 3.05) is 0 Å². The minimum atomic E-state index is -0.315. The van der Waals surface area contributed by atoms with Crippen molar-refractivity contribution in [3.8, 4) is 10.7 Å². The van der Waals surface area contributed by atoms with Gasteiger partial charge in [0.05, 0.1) is 4.88 Å². The third-order valence-electron chi connectivity index (χ3n) is 4.81. The molecule has 0 spiro atoms. The van der Waals surface area contributed by atoms with Gasteiger partial charge in [-0.15, -0.1) is 21.5 Å². The molecule has 1 amide bonds. The maximum absolute atomic E-state index is 12.9. The van der Waals surface area contributed by atoms with E-state index < -0.39 is 0 Å². The Morgan fingerprint density at radius 2 is 1.93 bits per heavy atom. The average molecular weight is 397 g/mol. The zero-order valence-electron chi connectivity index (χ0n) is 14.7. The molecule has 2 aliphatic rings. The van der Waals surface area contributed by atoms with Gasteiger partial charge in [-0.25, -0.2) is 0 Å². The Hall–Kier alpha value is -2.12. The van der Waals surface area contributed by atoms with Crippen LogP contribution in [0.4, 0.5) is 0 Å². The van der Waals surface area contributed by atoms with Crippen molar-refractivity contribution in [3.05, 3.63) is 53.4 Å². The Labute approximate surface area is 166 Å². The van der Waals surface area contributed by atoms with Gasteiger partial charge in [-0.1, -0.05) is 48.2 Å². The molecule has 0 aliphatic heterocycles. The summed E-state index contributed by atoms with van der Waals surface area (Å²) in [5, 5.41) is 14.7. The van der Waals surface area contributed by atoms with E-state index in [0.29, 0.717) is 12.1 Å². The standard InChI is InChI=1S/C20H20N4OS2/c25-19(21-14-8-9-14)17(13-5-2-1-3-6-13)27-20-23-22-18(16-7-4-12-26-16)24(20)15-10-11-15/h1-7,12,14-15,17H,8-11H2,(H,21,25). The van der Waals surface area contributed by atoms with Gasteiger partial charge in [0.2, 0.25) is 5.91 Å². The molecular weight excluding hydrogens is 376 g/mol. The largest absolute Gasteiger partial charge is 0.352 e. The summed E-state index contributed by atoms with van der Waals surface area (Å²) in [4.78, 5) is 14.1. The van der Waals surface area contributed by atoms with E-state index in [1.165, 1.54) is 11.8 Å². The molecule has 0 saturated heterocycles. The minimum Gasteiger partial charge on any atom is -0.352 e. The highest BCUT2D eigenvalue weighted by Crippen LogP contribution is 2.44. The van der Waals surface area contributed by atoms with E-state index in [1.54, 1.807) is 11.3 Å². The van der Waals surface area contributed by atoms with Crippen molar-refractivity contribution < 1.29 is 4.79 Å². The van der Waals surface area contributed by atoms with Crippen molar-refractivity contribution in [2.24, 2.45) is 0 Å². The number of benzene rings is 1. The number of aromatic nitrogens is 3. The van der Waals surface area contributed by atoms with Crippen molar-refractivity contribution in [3.63, 3.8) is 0 Å². The molecule has 2 heterocycles. The van der Waals surface area contributed by atoms with Gasteiger partial charge in [-0.2, -0.15) is 0 Å². The number of amides is 1. The van der Waals surface area contributed by atoms with Crippen LogP contribution < -0.4 is 5.32 Å². The molecule has 2 saturated carbocycles. The predicted octanol–water partition coefficient (Wildman–Crippen LogP) is 4.45. The Bertz CT molecular complexity index is 930. The van der Waals surface area contributed by atoms with Gasteiger partial charge in [-0.05, 0) is 42.7 Å². The lowest BCUT2D eigenvalue weighted by Crippen LogP contribution is -2.30. The molecular formula is C20H20N4OS2. The maximum atomic E-state index is 12.9. The topological polar surface area (TPSA) is 59.8 Å². The monoisotopic (exact) mass is 396 g/mol. The second-order valence-electron chi connectivity index (χ2n) is 7.08. The van der Waals surface area contributed by atoms with Crippen molar-refractivity contribution in [1.29, 1.82) is 0 Å². The van der Waals surface area contributed by atoms with Gasteiger partial charge in [0.25, 0.3) is 0 Å². The zero-order chi connectivity index (χ0) is 18.2. The van der Waals surface area contributed by atoms with Gasteiger partial charge in [-0.3, -0.25) is 9.36 Å². The fourth-order valence-electron chi connectivity index (χ4n) is 3.10. The number of carbonyl (C=O) groups is 1. The normalized spacial score (nSPS) is 17.6. The van der Waals surface area contributed by atoms with Crippen LogP contribution in [0.2, 0.25) is 0 Å². The van der Waals surface area contributed by atoms with Gasteiger partial charge in [0, 0.05) is 12.1 Å². The van der Waals surface area contributed by atoms with Crippen LogP contribution in [0.3, 0.4) is 0 Å². The molecule has 1 N–H and O–H groups in total. The molecule has 2 aromatic heterocycles. The van der Waals surface area contributed by atoms with Crippen LogP contribution in [0.25, 0.3) is 10.7 Å². The Kier molecular flexibility index (Phi) is 4.49. The quantitative estimate of drug-likeness (QED) is 0.599. The van der Waals surface area contributed by atoms with Gasteiger partial charge in [0.15, 0.2) is 11.0 Å². The van der Waals surface area contributed by atoms with Crippen LogP contribution in [0, 0.1) is 0 Å². The predicted molar refractivity (Wildman–Crippen MR) is 108 cm³/mol. The van der Waals surface area contributed by atoms with Crippen LogP contribution >= 0.6 is 23.1 Å². The summed E-state index contributed by atoms with van der Waals surface area (Å²) in [5.74, 6) is 0.987. The summed E-state index contributed by atoms with van der Waals surface area (Å²) in [6, 6.07) is 14.9. The Morgan fingerprint density at radius 1 is 1.11 bits per heavy atom. The number of thioether (sulfide) groups is 1. The van der Waals surface area contributed by atoms with E-state index in [9.17, 15) is 4.79 Å². The number of hydrogen-bond acceptors (Lipinski definition) is 5. The number of rotatable bonds is 7. The molecule has 138 valence electrons. The molecule has 7 heteroatoms. The van der Waals surface area contributed by atoms with E-state index in [1.807, 2.05) is 36.4 Å². The van der Waals surface area contributed by atoms with Crippen LogP contribution in [-0.2, 0) is 4.79 Å². The molecule has 1 unspecified atom stereocenters. The lowest BCUT2D eigenvalue weighted by molar-refractivity contribution is -0.120. The first-order valence-corrected chi connectivity index (χ1v) is 11.1. The number of nitrogens with one attached hydrogen (secondary N) is 1. The summed E-state index contributed by atoms with van der Waals surface area (Å²) >= 11 is 3.19. The molecule has 3 aromatic rings. The van der Waals surface area contributed by atoms with Crippen molar-refractivity contribution >= 4 is 29.0 Å². The van der Waals surface area contributed by atoms with E-state index in [0.717, 1.165) is 47.1 Å². The fraction of sp³-hybridized carbons (Fsp3) is 0.350. The molecule has 0 bridgehead atoms. The third kappa shape index (κ3) is 3.66. The van der Waals surface area contributed by atoms with Gasteiger partial charge in [0.1, 0.15) is 5.25 Å². The van der Waals surface area contributed by atoms with E-state index in [2.05, 4.69) is 31.5 Å². The second-order valence-corrected chi connectivity index (χ2v) is 9.10. The molecule has 2 fully saturated rings. The van der Waals surface area contributed by atoms with Crippen LogP contribution in [0.5, 0.6) is 0 Å². The van der Waals surface area contributed by atoms with Crippen LogP contribution in [0.1, 0.15) is 42.5 Å². The maximum Gasteiger partial charge on any atom is 0.238 e. The number of carbonyl (C=O) groups excluding carboxylic acids is 1. The van der Waals surface area contributed by atoms with Crippen LogP contribution in [-0.4, -0.2) is 26.7 Å². The first kappa shape index (κ1) is 17.0. The molecule has 0 radical (unpaired) electrons. The van der Waals surface area contributed by atoms with Gasteiger partial charge >= 0.3 is 0 Å². The lowest BCUT2D eigenvalue weighted by Gasteiger charge is -2.17. The van der Waals surface area contributed by atoms with Gasteiger partial charge < -0.3 is 5.32 Å². The average Bonchev–Trinajstić information content (AvgIpc) is 3.60. The lowest BCUT2D eigenvalue weighted by atomic mass is 10.1. The molecule has 5 rings (SSSR count). The van der Waals surface area contributed by atoms with E-state index in [-0.39, 0.29) is 11.2 Å². The summed E-state index contributed by atoms with van der Waals surface area (Å²) < 4.78 is 2.23. The first-order chi connectivity index (χ1) is 13.3. The summed E-state index contributed by atoms with van der Waals surface area (Å²) in [6.07, 6.45) is 4.46. The molecule has 1 aromatic carbocycles. The smallest absolute Gasteiger partial charge is 0.238 e. The SMILES string of the molecule is O=C(NC1CC1)C(Sc1nnc(-c2cccs2)n1C1CC1)c1ccccc1. The highest BCUT2D eigenvalue weighted by atomic mass is 32.2. The van der Waals surface area contributed by atoms with Crippen molar-refractivity contribution in [2.45, 2.75) is 48.2 Å². The summed E-state index contributed by atoms with van der Waals surface area (Å²) in [5.41, 5.74) is 1.00. The summed E-state index contributed by atoms with van der Waals surface area (Å²) in [6.45, 7) is 0. The minimum absolute atomic E-state index is 0.0664. The molecule has 5 nitrogen and oxygen atoms in total. The Balaban J connectivity index is 1.48. The Morgan fingerprint density at radius 3 is 2.59 bits per heavy atom. The number of nitrogens with zero attached hydrogens (tertiary/aromatic N) is 3. The second kappa shape index (κ2) is 7.13. The van der Waals surface area contributed by atoms with E-state index in [4.69, 9.17) is 0 Å². The molecule has 2 aliphatic carbocycles. The number of thiophene rings is 1. The van der Waals surface area contributed by atoms with Crippen molar-refractivity contribution in [1.82, 2.24) is 20.1 Å². The van der Waals surface area contributed by atoms with Crippen LogP contribution in [0.15, 0.2) is 53.0 Å². The zero-order valence-corrected chi connectivity index (χ0v) is 16.4. The number of hydrogen-bond donors (Lipinski definition) is 1. The highest BCUT2D eigenvalue weighted by molar-refractivity contribution is 8.00. The highest BCUT2D eigenvalue weighted by Gasteiger charge is 2.34. The third-order valence-corrected chi connectivity index (χ3v) is 6.88. The summed E-state index contributed by atoms with van der Waals surface area (Å²) in [7, 11) is 0. The molecule has 27 heavy (non-hydrogen) atoms. The molecule has 1 atom stereocenters.